The van der Waals surface area contributed by atoms with Gasteiger partial charge in [0, 0.05) is 43.9 Å². The summed E-state index contributed by atoms with van der Waals surface area (Å²) in [6, 6.07) is 1.83. The van der Waals surface area contributed by atoms with E-state index in [9.17, 15) is 9.59 Å². The lowest BCUT2D eigenvalue weighted by atomic mass is 9.78. The molecule has 27 heavy (non-hydrogen) atoms. The van der Waals surface area contributed by atoms with E-state index in [2.05, 4.69) is 20.2 Å². The molecule has 144 valence electrons. The van der Waals surface area contributed by atoms with Crippen LogP contribution < -0.4 is 0 Å². The molecule has 0 aliphatic carbocycles. The van der Waals surface area contributed by atoms with Gasteiger partial charge >= 0.3 is 0 Å². The Bertz CT molecular complexity index is 846. The Hall–Kier alpha value is -2.64. The fourth-order valence-electron chi connectivity index (χ4n) is 4.43. The lowest BCUT2D eigenvalue weighted by Crippen LogP contribution is -2.58. The molecule has 4 heterocycles. The summed E-state index contributed by atoms with van der Waals surface area (Å²) in [4.78, 5) is 37.1. The Morgan fingerprint density at radius 2 is 2.00 bits per heavy atom. The second-order valence-electron chi connectivity index (χ2n) is 7.33. The van der Waals surface area contributed by atoms with E-state index >= 15 is 0 Å². The third kappa shape index (κ3) is 2.83. The molecule has 0 unspecified atom stereocenters. The fraction of sp³-hybridized carbons (Fsp3) is 0.579. The number of piperidine rings is 1. The lowest BCUT2D eigenvalue weighted by molar-refractivity contribution is -0.141. The van der Waals surface area contributed by atoms with Crippen LogP contribution in [-0.2, 0) is 23.2 Å². The second-order valence-corrected chi connectivity index (χ2v) is 7.33. The second kappa shape index (κ2) is 6.83. The predicted molar refractivity (Wildman–Crippen MR) is 99.1 cm³/mol. The van der Waals surface area contributed by atoms with Crippen molar-refractivity contribution in [3.05, 3.63) is 35.2 Å². The van der Waals surface area contributed by atoms with Gasteiger partial charge < -0.3 is 14.8 Å². The van der Waals surface area contributed by atoms with Crippen molar-refractivity contribution in [3.8, 4) is 0 Å². The van der Waals surface area contributed by atoms with Gasteiger partial charge in [-0.25, -0.2) is 4.98 Å². The summed E-state index contributed by atoms with van der Waals surface area (Å²) in [5, 5.41) is 7.06. The van der Waals surface area contributed by atoms with Gasteiger partial charge in [0.25, 0.3) is 5.91 Å². The average Bonchev–Trinajstić information content (AvgIpc) is 3.37. The molecule has 8 heteroatoms. The van der Waals surface area contributed by atoms with Crippen LogP contribution in [0, 0.1) is 0 Å². The smallest absolute Gasteiger partial charge is 0.274 e. The zero-order chi connectivity index (χ0) is 19.0. The number of aryl methyl sites for hydroxylation is 1. The molecule has 2 amide bonds. The van der Waals surface area contributed by atoms with Crippen molar-refractivity contribution < 1.29 is 9.59 Å². The van der Waals surface area contributed by atoms with E-state index in [4.69, 9.17) is 0 Å². The summed E-state index contributed by atoms with van der Waals surface area (Å²) in [7, 11) is 0. The molecule has 1 saturated heterocycles. The van der Waals surface area contributed by atoms with Gasteiger partial charge in [0.1, 0.15) is 5.69 Å². The van der Waals surface area contributed by atoms with E-state index in [0.717, 1.165) is 29.9 Å². The molecule has 0 saturated carbocycles. The molecule has 0 radical (unpaired) electrons. The molecule has 4 rings (SSSR count). The molecule has 8 nitrogen and oxygen atoms in total. The van der Waals surface area contributed by atoms with Gasteiger partial charge in [-0.1, -0.05) is 13.8 Å². The normalized spacial score (nSPS) is 18.6. The number of aromatic amines is 2. The zero-order valence-electron chi connectivity index (χ0n) is 15.9. The number of carbonyl (C=O) groups excluding carboxylic acids is 2. The summed E-state index contributed by atoms with van der Waals surface area (Å²) < 4.78 is 0. The zero-order valence-corrected chi connectivity index (χ0v) is 15.9. The molecular formula is C19H26N6O2. The van der Waals surface area contributed by atoms with Gasteiger partial charge in [-0.15, -0.1) is 0 Å². The highest BCUT2D eigenvalue weighted by Gasteiger charge is 2.48. The van der Waals surface area contributed by atoms with Gasteiger partial charge in [-0.3, -0.25) is 14.7 Å². The number of nitrogens with zero attached hydrogens (tertiary/aromatic N) is 4. The summed E-state index contributed by atoms with van der Waals surface area (Å²) in [5.74, 6) is 0.107. The summed E-state index contributed by atoms with van der Waals surface area (Å²) >= 11 is 0. The van der Waals surface area contributed by atoms with E-state index in [-0.39, 0.29) is 11.8 Å². The Morgan fingerprint density at radius 3 is 2.67 bits per heavy atom. The highest BCUT2D eigenvalue weighted by Crippen LogP contribution is 2.42. The third-order valence-electron chi connectivity index (χ3n) is 5.97. The van der Waals surface area contributed by atoms with Gasteiger partial charge in [0.2, 0.25) is 5.91 Å². The number of hydrogen-bond donors (Lipinski definition) is 2. The Balaban J connectivity index is 1.57. The molecule has 1 spiro atoms. The van der Waals surface area contributed by atoms with E-state index < -0.39 is 5.54 Å². The summed E-state index contributed by atoms with van der Waals surface area (Å²) in [5.41, 5.74) is 3.12. The van der Waals surface area contributed by atoms with Crippen molar-refractivity contribution in [2.45, 2.75) is 51.5 Å². The van der Waals surface area contributed by atoms with Crippen LogP contribution in [0.25, 0.3) is 0 Å². The Labute approximate surface area is 158 Å². The van der Waals surface area contributed by atoms with Crippen LogP contribution in [-0.4, -0.2) is 61.4 Å². The van der Waals surface area contributed by atoms with Crippen LogP contribution in [0.15, 0.2) is 12.4 Å². The molecular weight excluding hydrogens is 344 g/mol. The average molecular weight is 370 g/mol. The van der Waals surface area contributed by atoms with Gasteiger partial charge in [-0.2, -0.15) is 5.10 Å². The first-order chi connectivity index (χ1) is 13.1. The molecule has 0 aromatic carbocycles. The van der Waals surface area contributed by atoms with Crippen molar-refractivity contribution in [2.24, 2.45) is 0 Å². The van der Waals surface area contributed by atoms with Gasteiger partial charge in [-0.05, 0) is 25.3 Å². The maximum absolute atomic E-state index is 12.8. The highest BCUT2D eigenvalue weighted by molar-refractivity contribution is 5.92. The summed E-state index contributed by atoms with van der Waals surface area (Å²) in [6.45, 7) is 5.81. The number of hydrogen-bond acceptors (Lipinski definition) is 4. The molecule has 2 aliphatic heterocycles. The minimum absolute atomic E-state index is 0.0489. The number of likely N-dealkylation sites (tertiary alicyclic amines) is 1. The number of carbonyl (C=O) groups is 2. The largest absolute Gasteiger partial charge is 0.348 e. The number of fused-ring (bicyclic) bond motifs is 2. The number of rotatable bonds is 3. The first kappa shape index (κ1) is 17.8. The van der Waals surface area contributed by atoms with Crippen molar-refractivity contribution in [3.63, 3.8) is 0 Å². The van der Waals surface area contributed by atoms with Gasteiger partial charge in [0.05, 0.1) is 17.6 Å². The molecule has 2 aromatic rings. The standard InChI is InChI=1S/C19H26N6O2/c1-3-13-11-15(23-22-13)18(27)24-9-6-19(7-10-24)17-14(20-12-21-17)5-8-25(19)16(26)4-2/h11-12H,3-10H2,1-2H3,(H,20,21)(H,22,23). The number of H-pyrrole nitrogens is 2. The minimum Gasteiger partial charge on any atom is -0.348 e. The van der Waals surface area contributed by atoms with E-state index in [1.165, 1.54) is 0 Å². The lowest BCUT2D eigenvalue weighted by Gasteiger charge is -2.50. The van der Waals surface area contributed by atoms with Crippen LogP contribution in [0.4, 0.5) is 0 Å². The van der Waals surface area contributed by atoms with Crippen LogP contribution in [0.2, 0.25) is 0 Å². The van der Waals surface area contributed by atoms with E-state index in [1.54, 1.807) is 6.33 Å². The van der Waals surface area contributed by atoms with Crippen molar-refractivity contribution >= 4 is 11.8 Å². The van der Waals surface area contributed by atoms with Crippen LogP contribution in [0.3, 0.4) is 0 Å². The Morgan fingerprint density at radius 1 is 1.22 bits per heavy atom. The molecule has 2 aromatic heterocycles. The maximum Gasteiger partial charge on any atom is 0.274 e. The number of imidazole rings is 1. The molecule has 0 bridgehead atoms. The van der Waals surface area contributed by atoms with Crippen molar-refractivity contribution in [1.82, 2.24) is 30.0 Å². The number of nitrogens with one attached hydrogen (secondary N) is 2. The molecule has 0 atom stereocenters. The molecule has 1 fully saturated rings. The van der Waals surface area contributed by atoms with Crippen molar-refractivity contribution in [1.29, 1.82) is 0 Å². The number of aromatic nitrogens is 4. The highest BCUT2D eigenvalue weighted by atomic mass is 16.2. The first-order valence-electron chi connectivity index (χ1n) is 9.75. The van der Waals surface area contributed by atoms with Crippen LogP contribution in [0.5, 0.6) is 0 Å². The topological polar surface area (TPSA) is 98.0 Å². The quantitative estimate of drug-likeness (QED) is 0.858. The number of amides is 2. The minimum atomic E-state index is -0.405. The molecule has 2 N–H and O–H groups in total. The third-order valence-corrected chi connectivity index (χ3v) is 5.97. The van der Waals surface area contributed by atoms with E-state index in [1.807, 2.05) is 29.7 Å². The fourth-order valence-corrected chi connectivity index (χ4v) is 4.43. The van der Waals surface area contributed by atoms with Crippen molar-refractivity contribution in [2.75, 3.05) is 19.6 Å². The van der Waals surface area contributed by atoms with E-state index in [0.29, 0.717) is 44.6 Å². The maximum atomic E-state index is 12.8. The monoisotopic (exact) mass is 370 g/mol. The van der Waals surface area contributed by atoms with Gasteiger partial charge in [0.15, 0.2) is 0 Å². The SMILES string of the molecule is CCC(=O)N1CCc2[nH]cnc2C12CCN(C(=O)c1cc(CC)[nH]n1)CC2. The van der Waals surface area contributed by atoms with Crippen LogP contribution in [0.1, 0.15) is 60.7 Å². The first-order valence-corrected chi connectivity index (χ1v) is 9.75. The Kier molecular flexibility index (Phi) is 4.49. The molecule has 2 aliphatic rings. The predicted octanol–water partition coefficient (Wildman–Crippen LogP) is 1.62. The van der Waals surface area contributed by atoms with Crippen LogP contribution >= 0.6 is 0 Å². The summed E-state index contributed by atoms with van der Waals surface area (Å²) in [6.07, 6.45) is 5.23.